The molecule has 0 fully saturated rings. The van der Waals surface area contributed by atoms with Crippen LogP contribution in [0.5, 0.6) is 5.75 Å². The molecule has 0 aliphatic rings. The van der Waals surface area contributed by atoms with Crippen molar-refractivity contribution in [2.75, 3.05) is 0 Å². The first-order valence-electron chi connectivity index (χ1n) is 4.20. The van der Waals surface area contributed by atoms with Crippen LogP contribution in [0.25, 0.3) is 0 Å². The van der Waals surface area contributed by atoms with Crippen molar-refractivity contribution in [3.05, 3.63) is 22.2 Å². The molecule has 3 nitrogen and oxygen atoms in total. The molecule has 1 aromatic rings. The van der Waals surface area contributed by atoms with Crippen molar-refractivity contribution in [3.8, 4) is 5.75 Å². The molecule has 0 amide bonds. The molecule has 0 atom stereocenters. The van der Waals surface area contributed by atoms with Gasteiger partial charge < -0.3 is 4.74 Å². The van der Waals surface area contributed by atoms with Crippen molar-refractivity contribution in [1.82, 2.24) is 0 Å². The highest BCUT2D eigenvalue weighted by Gasteiger charge is 2.36. The van der Waals surface area contributed by atoms with Gasteiger partial charge >= 0.3 is 0 Å². The molecule has 0 saturated carbocycles. The molecule has 0 aromatic heterocycles. The van der Waals surface area contributed by atoms with Gasteiger partial charge in [-0.3, -0.25) is 0 Å². The highest BCUT2D eigenvalue weighted by Crippen LogP contribution is 2.42. The van der Waals surface area contributed by atoms with Gasteiger partial charge in [-0.15, -0.1) is 0 Å². The number of benzene rings is 1. The number of hydrogen-bond donors (Lipinski definition) is 0. The molecule has 0 heterocycles. The van der Waals surface area contributed by atoms with Crippen LogP contribution in [0.15, 0.2) is 17.1 Å². The van der Waals surface area contributed by atoms with E-state index in [1.807, 2.05) is 0 Å². The van der Waals surface area contributed by atoms with Crippen molar-refractivity contribution in [2.24, 2.45) is 4.99 Å². The highest BCUT2D eigenvalue weighted by molar-refractivity contribution is 6.59. The van der Waals surface area contributed by atoms with Gasteiger partial charge in [-0.05, 0) is 12.1 Å². The quantitative estimate of drug-likeness (QED) is 0.411. The minimum absolute atomic E-state index is 0.0283. The molecule has 0 N–H and O–H groups in total. The first kappa shape index (κ1) is 16.2. The predicted octanol–water partition coefficient (Wildman–Crippen LogP) is 5.27. The molecule has 0 unspecified atom stereocenters. The van der Waals surface area contributed by atoms with E-state index in [4.69, 9.17) is 74.3 Å². The Morgan fingerprint density at radius 3 is 2.11 bits per heavy atom. The summed E-state index contributed by atoms with van der Waals surface area (Å²) in [5.41, 5.74) is 0.204. The molecule has 1 rings (SSSR count). The lowest BCUT2D eigenvalue weighted by atomic mass is 10.3. The summed E-state index contributed by atoms with van der Waals surface area (Å²) in [5.74, 6) is -0.0283. The second kappa shape index (κ2) is 6.53. The van der Waals surface area contributed by atoms with Crippen LogP contribution in [0.2, 0.25) is 10.0 Å². The fraction of sp³-hybridized carbons (Fsp3) is 0.222. The SMILES string of the molecule is O=C=Nc1cc(Cl)c(OC(Cl)(Cl)C(Cl)Cl)c(Cl)c1. The maximum absolute atomic E-state index is 10.1. The van der Waals surface area contributed by atoms with Crippen LogP contribution >= 0.6 is 69.6 Å². The van der Waals surface area contributed by atoms with Gasteiger partial charge in [0.05, 0.1) is 15.7 Å². The lowest BCUT2D eigenvalue weighted by molar-refractivity contribution is 0.256. The van der Waals surface area contributed by atoms with Gasteiger partial charge in [0.15, 0.2) is 10.6 Å². The molecule has 0 saturated heterocycles. The molecule has 0 aliphatic carbocycles. The summed E-state index contributed by atoms with van der Waals surface area (Å²) in [4.78, 5) is 12.2. The Hall–Kier alpha value is 0.140. The Bertz CT molecular complexity index is 475. The Kier molecular flexibility index (Phi) is 5.88. The van der Waals surface area contributed by atoms with Crippen LogP contribution in [0, 0.1) is 0 Å². The monoisotopic (exact) mass is 367 g/mol. The number of alkyl halides is 4. The van der Waals surface area contributed by atoms with Gasteiger partial charge in [0, 0.05) is 0 Å². The molecule has 0 spiro atoms. The third-order valence-corrected chi connectivity index (χ3v) is 3.86. The minimum atomic E-state index is -1.92. The van der Waals surface area contributed by atoms with E-state index in [0.29, 0.717) is 0 Å². The number of ether oxygens (including phenoxy) is 1. The van der Waals surface area contributed by atoms with Gasteiger partial charge in [-0.1, -0.05) is 69.6 Å². The number of aliphatic imine (C=N–C) groups is 1. The van der Waals surface area contributed by atoms with Crippen LogP contribution in [-0.2, 0) is 4.79 Å². The van der Waals surface area contributed by atoms with Crippen molar-refractivity contribution in [2.45, 2.75) is 9.36 Å². The van der Waals surface area contributed by atoms with Gasteiger partial charge in [0.1, 0.15) is 0 Å². The average Bonchev–Trinajstić information content (AvgIpc) is 2.24. The van der Waals surface area contributed by atoms with E-state index in [9.17, 15) is 4.79 Å². The molecule has 0 radical (unpaired) electrons. The summed E-state index contributed by atoms with van der Waals surface area (Å²) >= 11 is 34.3. The van der Waals surface area contributed by atoms with Crippen LogP contribution in [0.1, 0.15) is 0 Å². The fourth-order valence-corrected chi connectivity index (χ4v) is 1.74. The molecular weight excluding hydrogens is 367 g/mol. The van der Waals surface area contributed by atoms with E-state index >= 15 is 0 Å². The maximum atomic E-state index is 10.1. The molecule has 18 heavy (non-hydrogen) atoms. The number of carbonyl (C=O) groups excluding carboxylic acids is 1. The number of isocyanates is 1. The van der Waals surface area contributed by atoms with Crippen molar-refractivity contribution in [3.63, 3.8) is 0 Å². The van der Waals surface area contributed by atoms with Crippen molar-refractivity contribution < 1.29 is 9.53 Å². The first-order chi connectivity index (χ1) is 8.27. The van der Waals surface area contributed by atoms with Crippen molar-refractivity contribution >= 4 is 81.4 Å². The summed E-state index contributed by atoms with van der Waals surface area (Å²) in [6.07, 6.45) is 1.35. The van der Waals surface area contributed by atoms with Gasteiger partial charge in [-0.2, -0.15) is 4.99 Å². The maximum Gasteiger partial charge on any atom is 0.288 e. The van der Waals surface area contributed by atoms with Crippen LogP contribution < -0.4 is 4.74 Å². The zero-order chi connectivity index (χ0) is 13.9. The lowest BCUT2D eigenvalue weighted by Gasteiger charge is -2.23. The lowest BCUT2D eigenvalue weighted by Crippen LogP contribution is -2.29. The molecule has 0 aliphatic heterocycles. The summed E-state index contributed by atoms with van der Waals surface area (Å²) in [6, 6.07) is 2.63. The van der Waals surface area contributed by atoms with Gasteiger partial charge in [0.2, 0.25) is 6.08 Å². The molecule has 0 bridgehead atoms. The molecule has 9 heteroatoms. The smallest absolute Gasteiger partial charge is 0.288 e. The number of halogens is 6. The summed E-state index contributed by atoms with van der Waals surface area (Å²) < 4.78 is 3.20. The number of rotatable bonds is 4. The third-order valence-electron chi connectivity index (χ3n) is 1.65. The summed E-state index contributed by atoms with van der Waals surface area (Å²) in [6.45, 7) is 0. The van der Waals surface area contributed by atoms with E-state index in [0.717, 1.165) is 0 Å². The Morgan fingerprint density at radius 1 is 1.22 bits per heavy atom. The summed E-state index contributed by atoms with van der Waals surface area (Å²) in [5, 5.41) is 0.0762. The van der Waals surface area contributed by atoms with E-state index in [2.05, 4.69) is 4.99 Å². The number of nitrogens with zero attached hydrogens (tertiary/aromatic N) is 1. The van der Waals surface area contributed by atoms with Crippen molar-refractivity contribution in [1.29, 1.82) is 0 Å². The standard InChI is InChI=1S/C9H3Cl6NO2/c10-5-1-4(16-3-17)2-6(11)7(5)18-9(14,15)8(12)13/h1-2,8H. The third kappa shape index (κ3) is 4.07. The Morgan fingerprint density at radius 2 is 1.72 bits per heavy atom. The second-order valence-corrected chi connectivity index (χ2v) is 6.13. The Labute approximate surface area is 133 Å². The zero-order valence-corrected chi connectivity index (χ0v) is 12.8. The molecular formula is C9H3Cl6NO2. The molecule has 1 aromatic carbocycles. The molecule has 98 valence electrons. The second-order valence-electron chi connectivity index (χ2n) is 2.91. The van der Waals surface area contributed by atoms with Crippen LogP contribution in [0.3, 0.4) is 0 Å². The minimum Gasteiger partial charge on any atom is -0.452 e. The predicted molar refractivity (Wildman–Crippen MR) is 74.8 cm³/mol. The fourth-order valence-electron chi connectivity index (χ4n) is 0.942. The van der Waals surface area contributed by atoms with Crippen LogP contribution in [-0.4, -0.2) is 15.4 Å². The van der Waals surface area contributed by atoms with E-state index in [1.165, 1.54) is 18.2 Å². The average molecular weight is 370 g/mol. The van der Waals surface area contributed by atoms with E-state index < -0.39 is 9.36 Å². The van der Waals surface area contributed by atoms with Gasteiger partial charge in [-0.25, -0.2) is 4.79 Å². The Balaban J connectivity index is 3.15. The van der Waals surface area contributed by atoms with Gasteiger partial charge in [0.25, 0.3) is 4.52 Å². The first-order valence-corrected chi connectivity index (χ1v) is 6.58. The number of hydrogen-bond acceptors (Lipinski definition) is 3. The van der Waals surface area contributed by atoms with E-state index in [1.54, 1.807) is 0 Å². The topological polar surface area (TPSA) is 38.7 Å². The summed E-state index contributed by atoms with van der Waals surface area (Å²) in [7, 11) is 0. The highest BCUT2D eigenvalue weighted by atomic mass is 35.5. The van der Waals surface area contributed by atoms with Crippen LogP contribution in [0.4, 0.5) is 5.69 Å². The van der Waals surface area contributed by atoms with E-state index in [-0.39, 0.29) is 21.5 Å². The normalized spacial score (nSPS) is 11.3. The zero-order valence-electron chi connectivity index (χ0n) is 8.26. The largest absolute Gasteiger partial charge is 0.452 e.